The van der Waals surface area contributed by atoms with E-state index in [0.29, 0.717) is 0 Å². The largest absolute Gasteiger partial charge is 0.320 e. The summed E-state index contributed by atoms with van der Waals surface area (Å²) in [5.41, 5.74) is 6.88. The summed E-state index contributed by atoms with van der Waals surface area (Å²) in [4.78, 5) is 1.16. The second-order valence-corrected chi connectivity index (χ2v) is 4.16. The van der Waals surface area contributed by atoms with Crippen LogP contribution in [0.25, 0.3) is 0 Å². The van der Waals surface area contributed by atoms with Gasteiger partial charge in [0, 0.05) is 4.88 Å². The van der Waals surface area contributed by atoms with Crippen molar-refractivity contribution in [2.75, 3.05) is 13.6 Å². The van der Waals surface area contributed by atoms with Crippen LogP contribution in [-0.4, -0.2) is 13.6 Å². The van der Waals surface area contributed by atoms with Crippen LogP contribution in [-0.2, 0) is 5.54 Å². The standard InChI is InChI=1S/C9H15N3S/c1-9(12-10,5-6-11-2)8-4-3-7-13-8/h3-4,7,10-11H,5-6H2,1-2H3. The van der Waals surface area contributed by atoms with E-state index < -0.39 is 0 Å². The number of nitrogens with zero attached hydrogens (tertiary/aromatic N) is 1. The number of thiophene rings is 1. The molecule has 0 saturated carbocycles. The highest BCUT2D eigenvalue weighted by Crippen LogP contribution is 2.31. The van der Waals surface area contributed by atoms with Gasteiger partial charge < -0.3 is 5.32 Å². The quantitative estimate of drug-likeness (QED) is 0.700. The van der Waals surface area contributed by atoms with Crippen molar-refractivity contribution in [3.63, 3.8) is 0 Å². The molecule has 3 nitrogen and oxygen atoms in total. The highest BCUT2D eigenvalue weighted by molar-refractivity contribution is 7.10. The zero-order chi connectivity index (χ0) is 9.73. The van der Waals surface area contributed by atoms with Crippen molar-refractivity contribution in [3.8, 4) is 0 Å². The Balaban J connectivity index is 2.75. The number of rotatable bonds is 5. The lowest BCUT2D eigenvalue weighted by Gasteiger charge is -2.21. The van der Waals surface area contributed by atoms with Crippen LogP contribution in [0.3, 0.4) is 0 Å². The third-order valence-corrected chi connectivity index (χ3v) is 3.28. The SMILES string of the molecule is CNCCC(C)(N=N)c1cccs1. The summed E-state index contributed by atoms with van der Waals surface area (Å²) in [6.07, 6.45) is 0.869. The summed E-state index contributed by atoms with van der Waals surface area (Å²) in [5, 5.41) is 8.83. The molecule has 0 aliphatic rings. The van der Waals surface area contributed by atoms with Crippen LogP contribution in [0.1, 0.15) is 18.2 Å². The number of hydrogen-bond donors (Lipinski definition) is 2. The van der Waals surface area contributed by atoms with Crippen molar-refractivity contribution >= 4 is 11.3 Å². The molecule has 0 spiro atoms. The summed E-state index contributed by atoms with van der Waals surface area (Å²) >= 11 is 1.66. The minimum absolute atomic E-state index is 0.336. The van der Waals surface area contributed by atoms with Crippen LogP contribution in [0.2, 0.25) is 0 Å². The Morgan fingerprint density at radius 2 is 2.46 bits per heavy atom. The van der Waals surface area contributed by atoms with Gasteiger partial charge in [0.2, 0.25) is 0 Å². The maximum absolute atomic E-state index is 7.22. The molecule has 1 rings (SSSR count). The van der Waals surface area contributed by atoms with Crippen molar-refractivity contribution in [3.05, 3.63) is 22.4 Å². The molecule has 0 bridgehead atoms. The van der Waals surface area contributed by atoms with E-state index in [0.717, 1.165) is 17.8 Å². The molecule has 4 heteroatoms. The predicted octanol–water partition coefficient (Wildman–Crippen LogP) is 2.60. The van der Waals surface area contributed by atoms with Gasteiger partial charge in [0.25, 0.3) is 0 Å². The molecule has 0 aromatic carbocycles. The zero-order valence-electron chi connectivity index (χ0n) is 8.00. The van der Waals surface area contributed by atoms with Crippen molar-refractivity contribution in [1.82, 2.24) is 5.32 Å². The van der Waals surface area contributed by atoms with Gasteiger partial charge in [-0.25, -0.2) is 5.53 Å². The molecule has 0 saturated heterocycles. The highest BCUT2D eigenvalue weighted by Gasteiger charge is 2.26. The van der Waals surface area contributed by atoms with Crippen LogP contribution >= 0.6 is 11.3 Å². The Kier molecular flexibility index (Phi) is 3.57. The Morgan fingerprint density at radius 1 is 1.69 bits per heavy atom. The lowest BCUT2D eigenvalue weighted by Crippen LogP contribution is -2.23. The van der Waals surface area contributed by atoms with Crippen LogP contribution in [0.5, 0.6) is 0 Å². The van der Waals surface area contributed by atoms with E-state index in [1.807, 2.05) is 31.5 Å². The smallest absolute Gasteiger partial charge is 0.114 e. The minimum atomic E-state index is -0.336. The number of hydrogen-bond acceptors (Lipinski definition) is 4. The van der Waals surface area contributed by atoms with Gasteiger partial charge in [-0.2, -0.15) is 5.11 Å². The molecule has 0 amide bonds. The fraction of sp³-hybridized carbons (Fsp3) is 0.556. The van der Waals surface area contributed by atoms with Crippen LogP contribution < -0.4 is 5.32 Å². The average molecular weight is 197 g/mol. The Bertz CT molecular complexity index is 258. The monoisotopic (exact) mass is 197 g/mol. The van der Waals surface area contributed by atoms with E-state index in [1.54, 1.807) is 11.3 Å². The molecule has 0 fully saturated rings. The van der Waals surface area contributed by atoms with Crippen LogP contribution in [0, 0.1) is 5.53 Å². The first kappa shape index (κ1) is 10.3. The van der Waals surface area contributed by atoms with Crippen LogP contribution in [0.4, 0.5) is 0 Å². The zero-order valence-corrected chi connectivity index (χ0v) is 8.82. The maximum Gasteiger partial charge on any atom is 0.114 e. The third kappa shape index (κ3) is 2.35. The van der Waals surface area contributed by atoms with Gasteiger partial charge in [0.15, 0.2) is 0 Å². The molecule has 0 aliphatic heterocycles. The first-order valence-electron chi connectivity index (χ1n) is 4.30. The van der Waals surface area contributed by atoms with E-state index in [-0.39, 0.29) is 5.54 Å². The molecule has 72 valence electrons. The molecular weight excluding hydrogens is 182 g/mol. The van der Waals surface area contributed by atoms with Gasteiger partial charge >= 0.3 is 0 Å². The van der Waals surface area contributed by atoms with Crippen molar-refractivity contribution < 1.29 is 0 Å². The van der Waals surface area contributed by atoms with Gasteiger partial charge in [-0.15, -0.1) is 11.3 Å². The fourth-order valence-electron chi connectivity index (χ4n) is 1.19. The van der Waals surface area contributed by atoms with Crippen molar-refractivity contribution in [2.45, 2.75) is 18.9 Å². The first-order valence-corrected chi connectivity index (χ1v) is 5.18. The molecule has 1 aromatic rings. The predicted molar refractivity (Wildman–Crippen MR) is 55.4 cm³/mol. The van der Waals surface area contributed by atoms with Gasteiger partial charge in [-0.05, 0) is 38.4 Å². The normalized spacial score (nSPS) is 15.2. The highest BCUT2D eigenvalue weighted by atomic mass is 32.1. The fourth-order valence-corrected chi connectivity index (χ4v) is 2.05. The van der Waals surface area contributed by atoms with E-state index >= 15 is 0 Å². The number of nitrogens with one attached hydrogen (secondary N) is 2. The van der Waals surface area contributed by atoms with E-state index in [9.17, 15) is 0 Å². The van der Waals surface area contributed by atoms with Crippen molar-refractivity contribution in [2.24, 2.45) is 5.11 Å². The molecule has 13 heavy (non-hydrogen) atoms. The van der Waals surface area contributed by atoms with E-state index in [4.69, 9.17) is 5.53 Å². The molecule has 1 unspecified atom stereocenters. The minimum Gasteiger partial charge on any atom is -0.320 e. The molecular formula is C9H15N3S. The van der Waals surface area contributed by atoms with Gasteiger partial charge in [-0.1, -0.05) is 6.07 Å². The maximum atomic E-state index is 7.22. The lowest BCUT2D eigenvalue weighted by atomic mass is 9.97. The lowest BCUT2D eigenvalue weighted by molar-refractivity contribution is 0.424. The van der Waals surface area contributed by atoms with Gasteiger partial charge in [0.05, 0.1) is 0 Å². The Hall–Kier alpha value is -0.740. The van der Waals surface area contributed by atoms with Gasteiger partial charge in [0.1, 0.15) is 5.54 Å². The van der Waals surface area contributed by atoms with Crippen LogP contribution in [0.15, 0.2) is 22.6 Å². The first-order chi connectivity index (χ1) is 6.23. The summed E-state index contributed by atoms with van der Waals surface area (Å²) in [6, 6.07) is 4.04. The van der Waals surface area contributed by atoms with Crippen molar-refractivity contribution in [1.29, 1.82) is 5.53 Å². The second-order valence-electron chi connectivity index (χ2n) is 3.22. The molecule has 1 heterocycles. The Labute approximate surface area is 82.7 Å². The summed E-state index contributed by atoms with van der Waals surface area (Å²) < 4.78 is 0. The topological polar surface area (TPSA) is 48.2 Å². The molecule has 1 atom stereocenters. The molecule has 2 N–H and O–H groups in total. The summed E-state index contributed by atoms with van der Waals surface area (Å²) in [5.74, 6) is 0. The van der Waals surface area contributed by atoms with Gasteiger partial charge in [-0.3, -0.25) is 0 Å². The molecule has 0 radical (unpaired) electrons. The average Bonchev–Trinajstić information content (AvgIpc) is 2.67. The third-order valence-electron chi connectivity index (χ3n) is 2.16. The Morgan fingerprint density at radius 3 is 2.92 bits per heavy atom. The van der Waals surface area contributed by atoms with E-state index in [1.165, 1.54) is 0 Å². The molecule has 0 aliphatic carbocycles. The summed E-state index contributed by atoms with van der Waals surface area (Å²) in [6.45, 7) is 2.89. The summed E-state index contributed by atoms with van der Waals surface area (Å²) in [7, 11) is 1.92. The van der Waals surface area contributed by atoms with E-state index in [2.05, 4.69) is 10.4 Å². The molecule has 1 aromatic heterocycles. The second kappa shape index (κ2) is 4.48.